The van der Waals surface area contributed by atoms with Gasteiger partial charge in [-0.2, -0.15) is 0 Å². The predicted molar refractivity (Wildman–Crippen MR) is 105 cm³/mol. The molecule has 0 radical (unpaired) electrons. The first-order valence-electron chi connectivity index (χ1n) is 8.21. The second-order valence-corrected chi connectivity index (χ2v) is 8.39. The topological polar surface area (TPSA) is 105 Å². The Labute approximate surface area is 161 Å². The number of nitrogens with one attached hydrogen (secondary N) is 2. The highest BCUT2D eigenvalue weighted by Crippen LogP contribution is 2.27. The zero-order chi connectivity index (χ0) is 19.8. The number of aryl methyl sites for hydroxylation is 2. The van der Waals surface area contributed by atoms with Crippen LogP contribution in [-0.4, -0.2) is 24.9 Å². The molecule has 0 amide bonds. The number of aromatic nitrogens is 1. The quantitative estimate of drug-likeness (QED) is 0.478. The van der Waals surface area contributed by atoms with E-state index in [1.54, 1.807) is 0 Å². The molecule has 0 aliphatic carbocycles. The molecular formula is C18H18ClN3O4S. The molecule has 2 N–H and O–H groups in total. The highest BCUT2D eigenvalue weighted by atomic mass is 35.5. The average Bonchev–Trinajstić information content (AvgIpc) is 2.92. The van der Waals surface area contributed by atoms with E-state index in [4.69, 9.17) is 11.6 Å². The molecule has 0 spiro atoms. The maximum absolute atomic E-state index is 12.5. The van der Waals surface area contributed by atoms with Gasteiger partial charge in [-0.1, -0.05) is 29.8 Å². The molecule has 1 heterocycles. The van der Waals surface area contributed by atoms with Crippen LogP contribution in [0.5, 0.6) is 0 Å². The summed E-state index contributed by atoms with van der Waals surface area (Å²) >= 11 is 5.94. The first-order valence-corrected chi connectivity index (χ1v) is 10.1. The zero-order valence-corrected chi connectivity index (χ0v) is 16.3. The second kappa shape index (κ2) is 7.30. The molecule has 7 nitrogen and oxygen atoms in total. The van der Waals surface area contributed by atoms with Crippen LogP contribution in [0.15, 0.2) is 41.3 Å². The summed E-state index contributed by atoms with van der Waals surface area (Å²) in [5.74, 6) is 0. The standard InChI is InChI=1S/C18H18ClN3O4S/c1-11-4-3-5-15-14(12(2)21-18(11)15)8-9-20-27(25,26)17-10-13(22(23)24)6-7-16(17)19/h3-7,10,20-21H,8-9H2,1-2H3. The molecule has 0 aliphatic heterocycles. The molecule has 3 aromatic rings. The van der Waals surface area contributed by atoms with Crippen molar-refractivity contribution < 1.29 is 13.3 Å². The number of para-hydroxylation sites is 1. The fraction of sp³-hybridized carbons (Fsp3) is 0.222. The fourth-order valence-electron chi connectivity index (χ4n) is 3.07. The van der Waals surface area contributed by atoms with Crippen molar-refractivity contribution in [3.63, 3.8) is 0 Å². The van der Waals surface area contributed by atoms with Crippen molar-refractivity contribution in [3.05, 3.63) is 68.4 Å². The van der Waals surface area contributed by atoms with Gasteiger partial charge in [0.15, 0.2) is 0 Å². The van der Waals surface area contributed by atoms with Crippen molar-refractivity contribution in [2.45, 2.75) is 25.2 Å². The molecule has 27 heavy (non-hydrogen) atoms. The number of fused-ring (bicyclic) bond motifs is 1. The van der Waals surface area contributed by atoms with Crippen LogP contribution in [0.2, 0.25) is 5.02 Å². The van der Waals surface area contributed by atoms with Crippen LogP contribution in [0.25, 0.3) is 10.9 Å². The van der Waals surface area contributed by atoms with E-state index in [1.165, 1.54) is 12.1 Å². The summed E-state index contributed by atoms with van der Waals surface area (Å²) in [6.07, 6.45) is 0.473. The Bertz CT molecular complexity index is 1140. The number of hydrogen-bond acceptors (Lipinski definition) is 4. The Morgan fingerprint density at radius 1 is 1.22 bits per heavy atom. The van der Waals surface area contributed by atoms with Crippen LogP contribution in [0.4, 0.5) is 5.69 Å². The second-order valence-electron chi connectivity index (χ2n) is 6.25. The number of rotatable bonds is 6. The number of H-pyrrole nitrogens is 1. The first kappa shape index (κ1) is 19.3. The minimum atomic E-state index is -3.97. The number of nitro groups is 1. The molecule has 3 rings (SSSR count). The van der Waals surface area contributed by atoms with Gasteiger partial charge in [-0.05, 0) is 37.5 Å². The fourth-order valence-corrected chi connectivity index (χ4v) is 4.62. The van der Waals surface area contributed by atoms with Crippen LogP contribution >= 0.6 is 11.6 Å². The minimum Gasteiger partial charge on any atom is -0.358 e. The van der Waals surface area contributed by atoms with E-state index in [0.29, 0.717) is 6.42 Å². The summed E-state index contributed by atoms with van der Waals surface area (Å²) in [5, 5.41) is 11.9. The summed E-state index contributed by atoms with van der Waals surface area (Å²) in [6, 6.07) is 9.30. The Hall–Kier alpha value is -2.42. The van der Waals surface area contributed by atoms with Gasteiger partial charge >= 0.3 is 0 Å². The van der Waals surface area contributed by atoms with Gasteiger partial charge in [0, 0.05) is 35.3 Å². The van der Waals surface area contributed by atoms with E-state index in [0.717, 1.165) is 33.8 Å². The summed E-state index contributed by atoms with van der Waals surface area (Å²) in [5.41, 5.74) is 3.83. The molecule has 1 aromatic heterocycles. The molecule has 0 fully saturated rings. The number of hydrogen-bond donors (Lipinski definition) is 2. The highest BCUT2D eigenvalue weighted by molar-refractivity contribution is 7.89. The molecule has 9 heteroatoms. The predicted octanol–water partition coefficient (Wildman–Crippen LogP) is 3.87. The van der Waals surface area contributed by atoms with Crippen LogP contribution in [0, 0.1) is 24.0 Å². The molecule has 142 valence electrons. The van der Waals surface area contributed by atoms with Gasteiger partial charge in [-0.25, -0.2) is 13.1 Å². The van der Waals surface area contributed by atoms with Gasteiger partial charge in [-0.15, -0.1) is 0 Å². The van der Waals surface area contributed by atoms with Crippen LogP contribution in [0.3, 0.4) is 0 Å². The third-order valence-corrected chi connectivity index (χ3v) is 6.39. The van der Waals surface area contributed by atoms with Crippen LogP contribution in [0.1, 0.15) is 16.8 Å². The maximum atomic E-state index is 12.5. The van der Waals surface area contributed by atoms with Crippen molar-refractivity contribution in [1.29, 1.82) is 0 Å². The van der Waals surface area contributed by atoms with Gasteiger partial charge in [0.25, 0.3) is 5.69 Å². The first-order chi connectivity index (χ1) is 12.7. The van der Waals surface area contributed by atoms with Crippen LogP contribution in [-0.2, 0) is 16.4 Å². The number of halogens is 1. The molecule has 0 atom stereocenters. The van der Waals surface area contributed by atoms with Crippen molar-refractivity contribution >= 4 is 38.2 Å². The van der Waals surface area contributed by atoms with E-state index >= 15 is 0 Å². The Kier molecular flexibility index (Phi) is 5.23. The Morgan fingerprint density at radius 2 is 1.96 bits per heavy atom. The van der Waals surface area contributed by atoms with Crippen LogP contribution < -0.4 is 4.72 Å². The normalized spacial score (nSPS) is 11.8. The molecular weight excluding hydrogens is 390 g/mol. The molecule has 0 saturated heterocycles. The summed E-state index contributed by atoms with van der Waals surface area (Å²) in [4.78, 5) is 13.3. The van der Waals surface area contributed by atoms with Gasteiger partial charge < -0.3 is 4.98 Å². The summed E-state index contributed by atoms with van der Waals surface area (Å²) in [6.45, 7) is 4.10. The van der Waals surface area contributed by atoms with E-state index in [1.807, 2.05) is 32.0 Å². The number of nitrogens with zero attached hydrogens (tertiary/aromatic N) is 1. The molecule has 0 unspecified atom stereocenters. The molecule has 0 saturated carbocycles. The zero-order valence-electron chi connectivity index (χ0n) is 14.7. The lowest BCUT2D eigenvalue weighted by atomic mass is 10.1. The third kappa shape index (κ3) is 3.83. The van der Waals surface area contributed by atoms with Crippen molar-refractivity contribution in [2.75, 3.05) is 6.54 Å². The van der Waals surface area contributed by atoms with Gasteiger partial charge in [0.05, 0.1) is 9.95 Å². The van der Waals surface area contributed by atoms with E-state index < -0.39 is 14.9 Å². The van der Waals surface area contributed by atoms with Crippen molar-refractivity contribution in [3.8, 4) is 0 Å². The van der Waals surface area contributed by atoms with Gasteiger partial charge in [-0.3, -0.25) is 10.1 Å². The van der Waals surface area contributed by atoms with Crippen molar-refractivity contribution in [1.82, 2.24) is 9.71 Å². The minimum absolute atomic E-state index is 0.0630. The SMILES string of the molecule is Cc1[nH]c2c(C)cccc2c1CCNS(=O)(=O)c1cc([N+](=O)[O-])ccc1Cl. The van der Waals surface area contributed by atoms with Crippen molar-refractivity contribution in [2.24, 2.45) is 0 Å². The molecule has 0 aliphatic rings. The van der Waals surface area contributed by atoms with Gasteiger partial charge in [0.2, 0.25) is 10.0 Å². The Morgan fingerprint density at radius 3 is 2.67 bits per heavy atom. The lowest BCUT2D eigenvalue weighted by molar-refractivity contribution is -0.385. The smallest absolute Gasteiger partial charge is 0.270 e. The monoisotopic (exact) mass is 407 g/mol. The summed E-state index contributed by atoms with van der Waals surface area (Å²) in [7, 11) is -3.97. The Balaban J connectivity index is 1.81. The number of aromatic amines is 1. The van der Waals surface area contributed by atoms with E-state index in [2.05, 4.69) is 9.71 Å². The number of nitro benzene ring substituents is 1. The largest absolute Gasteiger partial charge is 0.358 e. The number of benzene rings is 2. The maximum Gasteiger partial charge on any atom is 0.270 e. The molecule has 2 aromatic carbocycles. The number of non-ortho nitro benzene ring substituents is 1. The third-order valence-electron chi connectivity index (χ3n) is 4.45. The number of sulfonamides is 1. The molecule has 0 bridgehead atoms. The average molecular weight is 408 g/mol. The van der Waals surface area contributed by atoms with E-state index in [9.17, 15) is 18.5 Å². The van der Waals surface area contributed by atoms with Gasteiger partial charge in [0.1, 0.15) is 4.90 Å². The highest BCUT2D eigenvalue weighted by Gasteiger charge is 2.21. The summed E-state index contributed by atoms with van der Waals surface area (Å²) < 4.78 is 27.5. The van der Waals surface area contributed by atoms with E-state index in [-0.39, 0.29) is 22.2 Å². The lowest BCUT2D eigenvalue weighted by Gasteiger charge is -2.09. The lowest BCUT2D eigenvalue weighted by Crippen LogP contribution is -2.26.